The van der Waals surface area contributed by atoms with Crippen LogP contribution in [0.4, 0.5) is 5.69 Å². The van der Waals surface area contributed by atoms with Crippen LogP contribution in [0, 0.1) is 6.92 Å². The lowest BCUT2D eigenvalue weighted by Crippen LogP contribution is -2.22. The van der Waals surface area contributed by atoms with E-state index in [4.69, 9.17) is 9.15 Å². The normalized spacial score (nSPS) is 11.0. The maximum Gasteiger partial charge on any atom is 0.310 e. The number of anilines is 1. The van der Waals surface area contributed by atoms with Crippen molar-refractivity contribution >= 4 is 28.5 Å². The number of fused-ring (bicyclic) bond motifs is 1. The van der Waals surface area contributed by atoms with Gasteiger partial charge in [-0.25, -0.2) is 0 Å². The van der Waals surface area contributed by atoms with Crippen LogP contribution < -0.4 is 5.32 Å². The summed E-state index contributed by atoms with van der Waals surface area (Å²) in [5, 5.41) is 13.0. The first-order valence-corrected chi connectivity index (χ1v) is 9.09. The van der Waals surface area contributed by atoms with Crippen molar-refractivity contribution in [2.24, 2.45) is 0 Å². The Morgan fingerprint density at radius 1 is 1.21 bits per heavy atom. The summed E-state index contributed by atoms with van der Waals surface area (Å²) in [6.07, 6.45) is 1.43. The highest BCUT2D eigenvalue weighted by molar-refractivity contribution is 5.94. The quantitative estimate of drug-likeness (QED) is 0.622. The molecular formula is C22H23NO5. The Balaban J connectivity index is 1.60. The number of carbonyl (C=O) groups excluding carboxylic acids is 2. The monoisotopic (exact) mass is 381 g/mol. The standard InChI is InChI=1S/C22H23NO5/c1-13(2)17-6-4-5-14(3)22(17)23-20(25)12-28-21(26)9-15-11-27-19-10-16(24)7-8-18(15)19/h4-8,10-11,13,24H,9,12H2,1-3H3,(H,23,25). The zero-order chi connectivity index (χ0) is 20.3. The fraction of sp³-hybridized carbons (Fsp3) is 0.273. The average Bonchev–Trinajstić information content (AvgIpc) is 3.03. The van der Waals surface area contributed by atoms with Gasteiger partial charge in [-0.2, -0.15) is 0 Å². The second-order valence-corrected chi connectivity index (χ2v) is 7.02. The van der Waals surface area contributed by atoms with Gasteiger partial charge in [-0.05, 0) is 36.1 Å². The van der Waals surface area contributed by atoms with Crippen molar-refractivity contribution in [1.29, 1.82) is 0 Å². The van der Waals surface area contributed by atoms with Crippen LogP contribution in [-0.2, 0) is 20.7 Å². The highest BCUT2D eigenvalue weighted by atomic mass is 16.5. The Morgan fingerprint density at radius 3 is 2.75 bits per heavy atom. The molecule has 6 nitrogen and oxygen atoms in total. The Kier molecular flexibility index (Phi) is 5.68. The maximum atomic E-state index is 12.3. The molecule has 2 aromatic carbocycles. The summed E-state index contributed by atoms with van der Waals surface area (Å²) in [4.78, 5) is 24.4. The van der Waals surface area contributed by atoms with Crippen molar-refractivity contribution in [3.05, 3.63) is 59.4 Å². The summed E-state index contributed by atoms with van der Waals surface area (Å²) in [7, 11) is 0. The van der Waals surface area contributed by atoms with Gasteiger partial charge in [0.15, 0.2) is 6.61 Å². The van der Waals surface area contributed by atoms with Gasteiger partial charge >= 0.3 is 5.97 Å². The van der Waals surface area contributed by atoms with E-state index in [1.54, 1.807) is 6.07 Å². The van der Waals surface area contributed by atoms with E-state index in [1.165, 1.54) is 18.4 Å². The number of para-hydroxylation sites is 1. The molecule has 6 heteroatoms. The lowest BCUT2D eigenvalue weighted by molar-refractivity contribution is -0.146. The van der Waals surface area contributed by atoms with Gasteiger partial charge in [-0.3, -0.25) is 9.59 Å². The van der Waals surface area contributed by atoms with Gasteiger partial charge < -0.3 is 19.6 Å². The molecule has 0 saturated carbocycles. The first-order valence-electron chi connectivity index (χ1n) is 9.09. The first-order chi connectivity index (χ1) is 13.3. The van der Waals surface area contributed by atoms with E-state index in [9.17, 15) is 14.7 Å². The third-order valence-electron chi connectivity index (χ3n) is 4.53. The minimum atomic E-state index is -0.528. The van der Waals surface area contributed by atoms with Crippen molar-refractivity contribution < 1.29 is 23.8 Å². The van der Waals surface area contributed by atoms with Crippen molar-refractivity contribution in [3.8, 4) is 5.75 Å². The number of esters is 1. The molecule has 146 valence electrons. The maximum absolute atomic E-state index is 12.3. The molecule has 0 saturated heterocycles. The van der Waals surface area contributed by atoms with Crippen molar-refractivity contribution in [1.82, 2.24) is 0 Å². The van der Waals surface area contributed by atoms with E-state index < -0.39 is 5.97 Å². The van der Waals surface area contributed by atoms with Crippen LogP contribution in [-0.4, -0.2) is 23.6 Å². The lowest BCUT2D eigenvalue weighted by Gasteiger charge is -2.16. The SMILES string of the molecule is Cc1cccc(C(C)C)c1NC(=O)COC(=O)Cc1coc2cc(O)ccc12. The molecule has 0 fully saturated rings. The Morgan fingerprint density at radius 2 is 2.00 bits per heavy atom. The van der Waals surface area contributed by atoms with E-state index >= 15 is 0 Å². The Labute approximate surface area is 163 Å². The predicted octanol–water partition coefficient (Wildman–Crippen LogP) is 4.29. The molecule has 0 spiro atoms. The van der Waals surface area contributed by atoms with Crippen molar-refractivity contribution in [2.45, 2.75) is 33.1 Å². The number of benzene rings is 2. The highest BCUT2D eigenvalue weighted by Gasteiger charge is 2.15. The molecule has 1 aromatic heterocycles. The molecule has 2 N–H and O–H groups in total. The average molecular weight is 381 g/mol. The zero-order valence-electron chi connectivity index (χ0n) is 16.1. The molecule has 3 aromatic rings. The third-order valence-corrected chi connectivity index (χ3v) is 4.53. The number of rotatable bonds is 6. The molecule has 1 heterocycles. The number of carbonyl (C=O) groups is 2. The first kappa shape index (κ1) is 19.5. The molecule has 28 heavy (non-hydrogen) atoms. The number of phenolic OH excluding ortho intramolecular Hbond substituents is 1. The van der Waals surface area contributed by atoms with Gasteiger partial charge in [0, 0.05) is 22.7 Å². The smallest absolute Gasteiger partial charge is 0.310 e. The van der Waals surface area contributed by atoms with Crippen LogP contribution >= 0.6 is 0 Å². The molecule has 0 aliphatic carbocycles. The van der Waals surface area contributed by atoms with Crippen LogP contribution in [0.2, 0.25) is 0 Å². The van der Waals surface area contributed by atoms with E-state index in [0.29, 0.717) is 11.1 Å². The van der Waals surface area contributed by atoms with Crippen LogP contribution in [0.25, 0.3) is 11.0 Å². The van der Waals surface area contributed by atoms with Crippen LogP contribution in [0.15, 0.2) is 47.1 Å². The van der Waals surface area contributed by atoms with Crippen LogP contribution in [0.1, 0.15) is 36.5 Å². The molecular weight excluding hydrogens is 358 g/mol. The number of phenols is 1. The van der Waals surface area contributed by atoms with Gasteiger partial charge in [0.05, 0.1) is 12.7 Å². The molecule has 0 bridgehead atoms. The van der Waals surface area contributed by atoms with Crippen LogP contribution in [0.5, 0.6) is 5.75 Å². The van der Waals surface area contributed by atoms with Crippen LogP contribution in [0.3, 0.4) is 0 Å². The largest absolute Gasteiger partial charge is 0.508 e. The molecule has 0 radical (unpaired) electrons. The van der Waals surface area contributed by atoms with E-state index in [-0.39, 0.29) is 30.6 Å². The summed E-state index contributed by atoms with van der Waals surface area (Å²) in [5.41, 5.74) is 3.88. The number of aromatic hydroxyl groups is 1. The van der Waals surface area contributed by atoms with Gasteiger partial charge in [0.1, 0.15) is 11.3 Å². The summed E-state index contributed by atoms with van der Waals surface area (Å²) in [6.45, 7) is 5.68. The lowest BCUT2D eigenvalue weighted by atomic mass is 9.98. The van der Waals surface area contributed by atoms with E-state index in [1.807, 2.05) is 25.1 Å². The number of furan rings is 1. The van der Waals surface area contributed by atoms with E-state index in [2.05, 4.69) is 19.2 Å². The fourth-order valence-corrected chi connectivity index (χ4v) is 3.08. The zero-order valence-corrected chi connectivity index (χ0v) is 16.1. The third kappa shape index (κ3) is 4.34. The summed E-state index contributed by atoms with van der Waals surface area (Å²) in [6, 6.07) is 10.5. The minimum absolute atomic E-state index is 0.0212. The number of nitrogens with one attached hydrogen (secondary N) is 1. The second-order valence-electron chi connectivity index (χ2n) is 7.02. The Hall–Kier alpha value is -3.28. The summed E-state index contributed by atoms with van der Waals surface area (Å²) < 4.78 is 10.5. The second kappa shape index (κ2) is 8.17. The molecule has 1 amide bonds. The fourth-order valence-electron chi connectivity index (χ4n) is 3.08. The predicted molar refractivity (Wildman–Crippen MR) is 106 cm³/mol. The topological polar surface area (TPSA) is 88.8 Å². The van der Waals surface area contributed by atoms with Gasteiger partial charge in [-0.15, -0.1) is 0 Å². The molecule has 3 rings (SSSR count). The molecule has 0 atom stereocenters. The number of hydrogen-bond acceptors (Lipinski definition) is 5. The highest BCUT2D eigenvalue weighted by Crippen LogP contribution is 2.27. The molecule has 0 unspecified atom stereocenters. The van der Waals surface area contributed by atoms with E-state index in [0.717, 1.165) is 22.2 Å². The Bertz CT molecular complexity index is 1020. The number of hydrogen-bond donors (Lipinski definition) is 2. The van der Waals surface area contributed by atoms with Crippen molar-refractivity contribution in [2.75, 3.05) is 11.9 Å². The molecule has 0 aliphatic heterocycles. The number of aryl methyl sites for hydroxylation is 1. The summed E-state index contributed by atoms with van der Waals surface area (Å²) in [5.74, 6) is -0.567. The van der Waals surface area contributed by atoms with Crippen molar-refractivity contribution in [3.63, 3.8) is 0 Å². The number of ether oxygens (including phenoxy) is 1. The molecule has 0 aliphatic rings. The van der Waals surface area contributed by atoms with Gasteiger partial charge in [0.25, 0.3) is 5.91 Å². The van der Waals surface area contributed by atoms with Gasteiger partial charge in [-0.1, -0.05) is 32.0 Å². The van der Waals surface area contributed by atoms with Gasteiger partial charge in [0.2, 0.25) is 0 Å². The minimum Gasteiger partial charge on any atom is -0.508 e. The summed E-state index contributed by atoms with van der Waals surface area (Å²) >= 11 is 0. The number of amides is 1.